The second kappa shape index (κ2) is 7.19. The number of rotatable bonds is 4. The minimum absolute atomic E-state index is 0.0257. The second-order valence-electron chi connectivity index (χ2n) is 6.94. The molecule has 0 aliphatic carbocycles. The highest BCUT2D eigenvalue weighted by molar-refractivity contribution is 6.07. The summed E-state index contributed by atoms with van der Waals surface area (Å²) in [6.07, 6.45) is 2.33. The molecule has 1 aromatic heterocycles. The zero-order chi connectivity index (χ0) is 18.8. The number of hydrogen-bond donors (Lipinski definition) is 1. The summed E-state index contributed by atoms with van der Waals surface area (Å²) in [5.41, 5.74) is 3.61. The zero-order valence-corrected chi connectivity index (χ0v) is 15.2. The maximum atomic E-state index is 12.8. The van der Waals surface area contributed by atoms with Gasteiger partial charge in [0.1, 0.15) is 6.04 Å². The molecule has 0 spiro atoms. The number of fused-ring (bicyclic) bond motifs is 1. The molecule has 5 nitrogen and oxygen atoms in total. The molecule has 5 heteroatoms. The van der Waals surface area contributed by atoms with Crippen LogP contribution in [0.2, 0.25) is 0 Å². The van der Waals surface area contributed by atoms with Gasteiger partial charge in [-0.2, -0.15) is 0 Å². The predicted molar refractivity (Wildman–Crippen MR) is 104 cm³/mol. The highest BCUT2D eigenvalue weighted by atomic mass is 16.2. The van der Waals surface area contributed by atoms with Gasteiger partial charge in [0, 0.05) is 30.2 Å². The van der Waals surface area contributed by atoms with Crippen LogP contribution in [0.15, 0.2) is 60.8 Å². The van der Waals surface area contributed by atoms with Gasteiger partial charge in [0.2, 0.25) is 5.91 Å². The summed E-state index contributed by atoms with van der Waals surface area (Å²) < 4.78 is 0. The third kappa shape index (κ3) is 3.53. The topological polar surface area (TPSA) is 62.3 Å². The molecule has 1 aliphatic heterocycles. The van der Waals surface area contributed by atoms with Crippen LogP contribution in [0.4, 0.5) is 0 Å². The Morgan fingerprint density at radius 1 is 1.15 bits per heavy atom. The monoisotopic (exact) mass is 359 g/mol. The summed E-state index contributed by atoms with van der Waals surface area (Å²) in [5, 5.41) is 3.70. The van der Waals surface area contributed by atoms with Gasteiger partial charge in [-0.3, -0.25) is 14.6 Å². The number of pyridine rings is 1. The Labute approximate surface area is 158 Å². The standard InChI is InChI=1S/C22H21N3O2/c1-15-7-9-16(10-8-15)14-25-13-11-20(22(25)27)24-21(26)18-4-2-6-19-17(18)5-3-12-23-19/h2-10,12,20H,11,13-14H2,1H3,(H,24,26). The quantitative estimate of drug-likeness (QED) is 0.779. The van der Waals surface area contributed by atoms with E-state index in [2.05, 4.69) is 10.3 Å². The molecule has 0 saturated carbocycles. The molecule has 1 saturated heterocycles. The Bertz CT molecular complexity index is 993. The second-order valence-corrected chi connectivity index (χ2v) is 6.94. The Hall–Kier alpha value is -3.21. The zero-order valence-electron chi connectivity index (χ0n) is 15.2. The minimum atomic E-state index is -0.477. The average Bonchev–Trinajstić information content (AvgIpc) is 3.02. The molecular weight excluding hydrogens is 338 g/mol. The molecule has 0 bridgehead atoms. The summed E-state index contributed by atoms with van der Waals surface area (Å²) in [6.45, 7) is 3.26. The van der Waals surface area contributed by atoms with Crippen LogP contribution in [0, 0.1) is 6.92 Å². The van der Waals surface area contributed by atoms with Crippen LogP contribution in [-0.2, 0) is 11.3 Å². The van der Waals surface area contributed by atoms with E-state index in [4.69, 9.17) is 0 Å². The SMILES string of the molecule is Cc1ccc(CN2CCC(NC(=O)c3cccc4ncccc34)C2=O)cc1. The van der Waals surface area contributed by atoms with Gasteiger partial charge in [0.25, 0.3) is 5.91 Å². The smallest absolute Gasteiger partial charge is 0.252 e. The number of benzene rings is 2. The Morgan fingerprint density at radius 3 is 2.78 bits per heavy atom. The van der Waals surface area contributed by atoms with Gasteiger partial charge in [0.15, 0.2) is 0 Å². The third-order valence-corrected chi connectivity index (χ3v) is 4.99. The Morgan fingerprint density at radius 2 is 1.96 bits per heavy atom. The maximum absolute atomic E-state index is 12.8. The van der Waals surface area contributed by atoms with Crippen LogP contribution in [0.3, 0.4) is 0 Å². The number of carbonyl (C=O) groups excluding carboxylic acids is 2. The molecule has 1 N–H and O–H groups in total. The van der Waals surface area contributed by atoms with E-state index < -0.39 is 6.04 Å². The fraction of sp³-hybridized carbons (Fsp3) is 0.227. The van der Waals surface area contributed by atoms with Crippen molar-refractivity contribution in [2.24, 2.45) is 0 Å². The number of amides is 2. The van der Waals surface area contributed by atoms with Crippen LogP contribution in [-0.4, -0.2) is 34.3 Å². The van der Waals surface area contributed by atoms with Crippen molar-refractivity contribution < 1.29 is 9.59 Å². The molecule has 1 unspecified atom stereocenters. The molecule has 1 aliphatic rings. The van der Waals surface area contributed by atoms with Crippen LogP contribution < -0.4 is 5.32 Å². The molecule has 2 heterocycles. The van der Waals surface area contributed by atoms with E-state index in [1.54, 1.807) is 17.2 Å². The van der Waals surface area contributed by atoms with Crippen LogP contribution in [0.1, 0.15) is 27.9 Å². The number of nitrogens with one attached hydrogen (secondary N) is 1. The van der Waals surface area contributed by atoms with E-state index in [1.165, 1.54) is 5.56 Å². The molecule has 2 amide bonds. The molecule has 1 fully saturated rings. The normalized spacial score (nSPS) is 16.7. The summed E-state index contributed by atoms with van der Waals surface area (Å²) in [4.78, 5) is 31.5. The van der Waals surface area contributed by atoms with E-state index in [9.17, 15) is 9.59 Å². The lowest BCUT2D eigenvalue weighted by molar-refractivity contribution is -0.129. The van der Waals surface area contributed by atoms with Crippen molar-refractivity contribution >= 4 is 22.7 Å². The van der Waals surface area contributed by atoms with E-state index >= 15 is 0 Å². The molecule has 136 valence electrons. The van der Waals surface area contributed by atoms with Crippen molar-refractivity contribution in [2.75, 3.05) is 6.54 Å². The number of nitrogens with zero attached hydrogens (tertiary/aromatic N) is 2. The van der Waals surface area contributed by atoms with Gasteiger partial charge in [-0.25, -0.2) is 0 Å². The molecule has 3 aromatic rings. The number of likely N-dealkylation sites (tertiary alicyclic amines) is 1. The van der Waals surface area contributed by atoms with Gasteiger partial charge in [-0.15, -0.1) is 0 Å². The van der Waals surface area contributed by atoms with Gasteiger partial charge in [-0.05, 0) is 37.1 Å². The largest absolute Gasteiger partial charge is 0.340 e. The molecule has 2 aromatic carbocycles. The van der Waals surface area contributed by atoms with Crippen molar-refractivity contribution in [1.29, 1.82) is 0 Å². The highest BCUT2D eigenvalue weighted by Gasteiger charge is 2.33. The van der Waals surface area contributed by atoms with Gasteiger partial charge in [-0.1, -0.05) is 42.0 Å². The fourth-order valence-corrected chi connectivity index (χ4v) is 3.48. The molecular formula is C22H21N3O2. The van der Waals surface area contributed by atoms with Gasteiger partial charge < -0.3 is 10.2 Å². The summed E-state index contributed by atoms with van der Waals surface area (Å²) in [7, 11) is 0. The molecule has 0 radical (unpaired) electrons. The predicted octanol–water partition coefficient (Wildman–Crippen LogP) is 3.07. The lowest BCUT2D eigenvalue weighted by Gasteiger charge is -2.17. The number of aryl methyl sites for hydroxylation is 1. The first-order chi connectivity index (χ1) is 13.1. The molecule has 27 heavy (non-hydrogen) atoms. The van der Waals surface area contributed by atoms with Crippen molar-refractivity contribution in [2.45, 2.75) is 25.9 Å². The lowest BCUT2D eigenvalue weighted by Crippen LogP contribution is -2.41. The molecule has 1 atom stereocenters. The van der Waals surface area contributed by atoms with Crippen molar-refractivity contribution in [3.05, 3.63) is 77.5 Å². The Kier molecular flexibility index (Phi) is 4.59. The third-order valence-electron chi connectivity index (χ3n) is 4.99. The highest BCUT2D eigenvalue weighted by Crippen LogP contribution is 2.19. The average molecular weight is 359 g/mol. The summed E-state index contributed by atoms with van der Waals surface area (Å²) in [5.74, 6) is -0.258. The number of aromatic nitrogens is 1. The first-order valence-electron chi connectivity index (χ1n) is 9.11. The van der Waals surface area contributed by atoms with E-state index in [-0.39, 0.29) is 11.8 Å². The maximum Gasteiger partial charge on any atom is 0.252 e. The Balaban J connectivity index is 1.46. The van der Waals surface area contributed by atoms with E-state index in [1.807, 2.05) is 55.5 Å². The van der Waals surface area contributed by atoms with Crippen molar-refractivity contribution in [3.63, 3.8) is 0 Å². The lowest BCUT2D eigenvalue weighted by atomic mass is 10.1. The first-order valence-corrected chi connectivity index (χ1v) is 9.11. The fourth-order valence-electron chi connectivity index (χ4n) is 3.48. The van der Waals surface area contributed by atoms with Crippen molar-refractivity contribution in [1.82, 2.24) is 15.2 Å². The van der Waals surface area contributed by atoms with Crippen LogP contribution >= 0.6 is 0 Å². The van der Waals surface area contributed by atoms with Gasteiger partial charge >= 0.3 is 0 Å². The number of carbonyl (C=O) groups is 2. The van der Waals surface area contributed by atoms with Crippen LogP contribution in [0.5, 0.6) is 0 Å². The number of hydrogen-bond acceptors (Lipinski definition) is 3. The minimum Gasteiger partial charge on any atom is -0.340 e. The van der Waals surface area contributed by atoms with E-state index in [0.29, 0.717) is 25.1 Å². The molecule has 4 rings (SSSR count). The summed E-state index contributed by atoms with van der Waals surface area (Å²) >= 11 is 0. The van der Waals surface area contributed by atoms with Crippen LogP contribution in [0.25, 0.3) is 10.9 Å². The summed E-state index contributed by atoms with van der Waals surface area (Å²) in [6, 6.07) is 16.8. The van der Waals surface area contributed by atoms with Crippen molar-refractivity contribution in [3.8, 4) is 0 Å². The first kappa shape index (κ1) is 17.2. The van der Waals surface area contributed by atoms with Gasteiger partial charge in [0.05, 0.1) is 5.52 Å². The van der Waals surface area contributed by atoms with E-state index in [0.717, 1.165) is 16.5 Å².